The highest BCUT2D eigenvalue weighted by Gasteiger charge is 2.40. The van der Waals surface area contributed by atoms with Crippen LogP contribution in [0.3, 0.4) is 0 Å². The third-order valence-corrected chi connectivity index (χ3v) is 3.73. The number of unbranched alkanes of at least 4 members (excludes halogenated alkanes) is 12. The molecular formula is C18H31F3O2. The van der Waals surface area contributed by atoms with Crippen LogP contribution in [0.15, 0.2) is 12.3 Å². The summed E-state index contributed by atoms with van der Waals surface area (Å²) >= 11 is 0. The normalized spacial score (nSPS) is 12.0. The lowest BCUT2D eigenvalue weighted by atomic mass is 10.0. The van der Waals surface area contributed by atoms with Crippen LogP contribution in [-0.2, 0) is 9.53 Å². The Labute approximate surface area is 138 Å². The van der Waals surface area contributed by atoms with Crippen molar-refractivity contribution in [2.45, 2.75) is 96.6 Å². The summed E-state index contributed by atoms with van der Waals surface area (Å²) < 4.78 is 39.4. The second-order valence-corrected chi connectivity index (χ2v) is 5.95. The van der Waals surface area contributed by atoms with Gasteiger partial charge in [0.25, 0.3) is 0 Å². The van der Waals surface area contributed by atoms with Gasteiger partial charge in [0, 0.05) is 0 Å². The average Bonchev–Trinajstić information content (AvgIpc) is 2.50. The first-order valence-corrected chi connectivity index (χ1v) is 8.91. The van der Waals surface area contributed by atoms with Crippen LogP contribution in [0.4, 0.5) is 13.2 Å². The second kappa shape index (κ2) is 14.6. The largest absolute Gasteiger partial charge is 0.491 e. The van der Waals surface area contributed by atoms with Gasteiger partial charge in [0.15, 0.2) is 0 Å². The molecule has 0 aliphatic carbocycles. The number of carbonyl (C=O) groups is 1. The van der Waals surface area contributed by atoms with Crippen LogP contribution in [0, 0.1) is 0 Å². The first-order chi connectivity index (χ1) is 11.0. The zero-order chi connectivity index (χ0) is 17.4. The SMILES string of the molecule is CCCCCCCCCCCCCC/C=C/OC(=O)C(F)(F)F. The van der Waals surface area contributed by atoms with E-state index in [9.17, 15) is 18.0 Å². The molecule has 0 rings (SSSR count). The third-order valence-electron chi connectivity index (χ3n) is 3.73. The van der Waals surface area contributed by atoms with E-state index < -0.39 is 12.1 Å². The van der Waals surface area contributed by atoms with Crippen LogP contribution < -0.4 is 0 Å². The maximum Gasteiger partial charge on any atom is 0.491 e. The fourth-order valence-corrected chi connectivity index (χ4v) is 2.35. The van der Waals surface area contributed by atoms with Gasteiger partial charge in [-0.3, -0.25) is 0 Å². The molecule has 0 N–H and O–H groups in total. The van der Waals surface area contributed by atoms with Gasteiger partial charge in [-0.15, -0.1) is 0 Å². The van der Waals surface area contributed by atoms with Gasteiger partial charge in [-0.2, -0.15) is 13.2 Å². The Morgan fingerprint density at radius 3 is 1.70 bits per heavy atom. The van der Waals surface area contributed by atoms with Gasteiger partial charge in [0.1, 0.15) is 0 Å². The minimum atomic E-state index is -4.92. The summed E-state index contributed by atoms with van der Waals surface area (Å²) in [7, 11) is 0. The zero-order valence-electron chi connectivity index (χ0n) is 14.3. The van der Waals surface area contributed by atoms with E-state index >= 15 is 0 Å². The van der Waals surface area contributed by atoms with Crippen molar-refractivity contribution in [1.82, 2.24) is 0 Å². The van der Waals surface area contributed by atoms with E-state index in [4.69, 9.17) is 0 Å². The fraction of sp³-hybridized carbons (Fsp3) is 0.833. The highest BCUT2D eigenvalue weighted by molar-refractivity contribution is 5.76. The number of halogens is 3. The first-order valence-electron chi connectivity index (χ1n) is 8.91. The maximum absolute atomic E-state index is 11.8. The minimum Gasteiger partial charge on any atom is -0.428 e. The standard InChI is InChI=1S/C18H31F3O2/c1-2-3-4-5-6-7-8-9-10-11-12-13-14-15-16-23-17(22)18(19,20)21/h15-16H,2-14H2,1H3/b16-15+. The molecule has 0 spiro atoms. The van der Waals surface area contributed by atoms with Gasteiger partial charge in [0.05, 0.1) is 6.26 Å². The van der Waals surface area contributed by atoms with Gasteiger partial charge >= 0.3 is 12.1 Å². The summed E-state index contributed by atoms with van der Waals surface area (Å²) in [5.74, 6) is -2.16. The van der Waals surface area contributed by atoms with E-state index in [0.29, 0.717) is 6.42 Å². The van der Waals surface area contributed by atoms with E-state index in [-0.39, 0.29) is 0 Å². The number of hydrogen-bond donors (Lipinski definition) is 0. The van der Waals surface area contributed by atoms with Gasteiger partial charge in [0.2, 0.25) is 0 Å². The first kappa shape index (κ1) is 22.0. The molecule has 0 amide bonds. The van der Waals surface area contributed by atoms with Crippen LogP contribution >= 0.6 is 0 Å². The Morgan fingerprint density at radius 2 is 1.26 bits per heavy atom. The molecule has 0 saturated carbocycles. The Bertz CT molecular complexity index is 312. The molecule has 0 aliphatic heterocycles. The zero-order valence-corrected chi connectivity index (χ0v) is 14.3. The minimum absolute atomic E-state index is 0.641. The molecule has 136 valence electrons. The molecular weight excluding hydrogens is 305 g/mol. The number of alkyl halides is 3. The van der Waals surface area contributed by atoms with E-state index in [2.05, 4.69) is 11.7 Å². The van der Waals surface area contributed by atoms with Crippen molar-refractivity contribution >= 4 is 5.97 Å². The van der Waals surface area contributed by atoms with Crippen molar-refractivity contribution in [2.75, 3.05) is 0 Å². The van der Waals surface area contributed by atoms with Crippen LogP contribution in [0.5, 0.6) is 0 Å². The quantitative estimate of drug-likeness (QED) is 0.200. The summed E-state index contributed by atoms with van der Waals surface area (Å²) in [5, 5.41) is 0. The van der Waals surface area contributed by atoms with Gasteiger partial charge in [-0.25, -0.2) is 4.79 Å². The number of allylic oxidation sites excluding steroid dienone is 1. The number of rotatable bonds is 14. The van der Waals surface area contributed by atoms with Crippen LogP contribution in [0.1, 0.15) is 90.4 Å². The van der Waals surface area contributed by atoms with Crippen molar-refractivity contribution in [1.29, 1.82) is 0 Å². The van der Waals surface area contributed by atoms with E-state index in [1.54, 1.807) is 0 Å². The van der Waals surface area contributed by atoms with Crippen molar-refractivity contribution in [2.24, 2.45) is 0 Å². The lowest BCUT2D eigenvalue weighted by Crippen LogP contribution is -2.23. The topological polar surface area (TPSA) is 26.3 Å². The van der Waals surface area contributed by atoms with Gasteiger partial charge < -0.3 is 4.74 Å². The smallest absolute Gasteiger partial charge is 0.428 e. The third kappa shape index (κ3) is 15.7. The predicted molar refractivity (Wildman–Crippen MR) is 87.0 cm³/mol. The molecule has 0 aliphatic rings. The van der Waals surface area contributed by atoms with Crippen LogP contribution in [0.25, 0.3) is 0 Å². The molecule has 23 heavy (non-hydrogen) atoms. The lowest BCUT2D eigenvalue weighted by Gasteiger charge is -2.03. The molecule has 0 bridgehead atoms. The highest BCUT2D eigenvalue weighted by Crippen LogP contribution is 2.16. The average molecular weight is 336 g/mol. The molecule has 0 radical (unpaired) electrons. The number of carbonyl (C=O) groups excluding carboxylic acids is 1. The second-order valence-electron chi connectivity index (χ2n) is 5.95. The molecule has 0 heterocycles. The molecule has 0 aromatic heterocycles. The molecule has 0 atom stereocenters. The van der Waals surface area contributed by atoms with Gasteiger partial charge in [-0.05, 0) is 18.9 Å². The lowest BCUT2D eigenvalue weighted by molar-refractivity contribution is -0.193. The molecule has 2 nitrogen and oxygen atoms in total. The number of ether oxygens (including phenoxy) is 1. The molecule has 0 aromatic rings. The van der Waals surface area contributed by atoms with Crippen molar-refractivity contribution in [3.05, 3.63) is 12.3 Å². The summed E-state index contributed by atoms with van der Waals surface area (Å²) in [4.78, 5) is 10.4. The number of esters is 1. The van der Waals surface area contributed by atoms with E-state index in [0.717, 1.165) is 25.5 Å². The maximum atomic E-state index is 11.8. The van der Waals surface area contributed by atoms with E-state index in [1.807, 2.05) is 0 Å². The van der Waals surface area contributed by atoms with Crippen LogP contribution in [-0.4, -0.2) is 12.1 Å². The van der Waals surface area contributed by atoms with Gasteiger partial charge in [-0.1, -0.05) is 77.6 Å². The summed E-state index contributed by atoms with van der Waals surface area (Å²) in [5.41, 5.74) is 0. The number of hydrogen-bond acceptors (Lipinski definition) is 2. The Kier molecular flexibility index (Phi) is 13.9. The molecule has 0 aromatic carbocycles. The molecule has 0 fully saturated rings. The predicted octanol–water partition coefficient (Wildman–Crippen LogP) is 6.70. The van der Waals surface area contributed by atoms with E-state index in [1.165, 1.54) is 63.9 Å². The molecule has 0 saturated heterocycles. The van der Waals surface area contributed by atoms with Crippen molar-refractivity contribution in [3.8, 4) is 0 Å². The monoisotopic (exact) mass is 336 g/mol. The Morgan fingerprint density at radius 1 is 0.826 bits per heavy atom. The fourth-order valence-electron chi connectivity index (χ4n) is 2.35. The highest BCUT2D eigenvalue weighted by atomic mass is 19.4. The van der Waals surface area contributed by atoms with Crippen molar-refractivity contribution < 1.29 is 22.7 Å². The summed E-state index contributed by atoms with van der Waals surface area (Å²) in [6.45, 7) is 2.23. The summed E-state index contributed by atoms with van der Waals surface area (Å²) in [6, 6.07) is 0. The Hall–Kier alpha value is -1.00. The summed E-state index contributed by atoms with van der Waals surface area (Å²) in [6.07, 6.45) is 13.0. The molecule has 5 heteroatoms. The molecule has 0 unspecified atom stereocenters. The van der Waals surface area contributed by atoms with Crippen molar-refractivity contribution in [3.63, 3.8) is 0 Å². The Balaban J connectivity index is 3.23. The van der Waals surface area contributed by atoms with Crippen LogP contribution in [0.2, 0.25) is 0 Å².